The Bertz CT molecular complexity index is 551. The second kappa shape index (κ2) is 5.96. The number of aromatic nitrogens is 1. The first-order valence-corrected chi connectivity index (χ1v) is 6.49. The van der Waals surface area contributed by atoms with Gasteiger partial charge in [-0.05, 0) is 18.9 Å². The highest BCUT2D eigenvalue weighted by atomic mass is 35.5. The van der Waals surface area contributed by atoms with Gasteiger partial charge in [-0.2, -0.15) is 0 Å². The molecule has 1 aliphatic rings. The van der Waals surface area contributed by atoms with E-state index in [1.807, 2.05) is 0 Å². The first kappa shape index (κ1) is 14.4. The minimum atomic E-state index is -1.14. The lowest BCUT2D eigenvalue weighted by Gasteiger charge is -2.08. The van der Waals surface area contributed by atoms with Crippen LogP contribution in [0.5, 0.6) is 0 Å². The molecule has 1 heterocycles. The Morgan fingerprint density at radius 1 is 1.30 bits per heavy atom. The van der Waals surface area contributed by atoms with Gasteiger partial charge in [-0.15, -0.1) is 0 Å². The zero-order valence-electron chi connectivity index (χ0n) is 10.6. The van der Waals surface area contributed by atoms with Crippen molar-refractivity contribution >= 4 is 29.4 Å². The summed E-state index contributed by atoms with van der Waals surface area (Å²) in [6.07, 6.45) is 3.70. The Hall–Kier alpha value is -2.02. The number of carboxylic acids is 1. The van der Waals surface area contributed by atoms with Crippen LogP contribution in [-0.2, 0) is 9.59 Å². The molecule has 2 rings (SSSR count). The van der Waals surface area contributed by atoms with E-state index < -0.39 is 24.3 Å². The van der Waals surface area contributed by atoms with Crippen molar-refractivity contribution in [2.24, 2.45) is 0 Å². The molecular formula is C12H14ClN3O4. The van der Waals surface area contributed by atoms with Crippen molar-refractivity contribution in [1.29, 1.82) is 0 Å². The number of aliphatic carboxylic acids is 1. The topological polar surface area (TPSA) is 100 Å². The largest absolute Gasteiger partial charge is 0.480 e. The highest BCUT2D eigenvalue weighted by Gasteiger charge is 2.27. The normalized spacial score (nSPS) is 13.8. The van der Waals surface area contributed by atoms with E-state index in [1.165, 1.54) is 0 Å². The van der Waals surface area contributed by atoms with E-state index in [9.17, 15) is 14.4 Å². The van der Waals surface area contributed by atoms with Crippen LogP contribution < -0.4 is 10.6 Å². The molecule has 1 aliphatic carbocycles. The maximum absolute atomic E-state index is 12.0. The molecule has 0 aliphatic heterocycles. The van der Waals surface area contributed by atoms with Gasteiger partial charge >= 0.3 is 5.97 Å². The molecule has 0 spiro atoms. The summed E-state index contributed by atoms with van der Waals surface area (Å²) in [7, 11) is 0. The number of nitrogens with zero attached hydrogens (tertiary/aromatic N) is 1. The van der Waals surface area contributed by atoms with Crippen LogP contribution in [0.25, 0.3) is 0 Å². The quantitative estimate of drug-likeness (QED) is 0.708. The number of hydrogen-bond donors (Lipinski definition) is 3. The van der Waals surface area contributed by atoms with Crippen molar-refractivity contribution < 1.29 is 19.5 Å². The second-order valence-corrected chi connectivity index (χ2v) is 4.97. The Labute approximate surface area is 119 Å². The Kier molecular flexibility index (Phi) is 4.29. The van der Waals surface area contributed by atoms with Crippen LogP contribution >= 0.6 is 11.6 Å². The number of carbonyl (C=O) groups is 3. The molecule has 1 aromatic heterocycles. The summed E-state index contributed by atoms with van der Waals surface area (Å²) in [4.78, 5) is 33.5. The molecular weight excluding hydrogens is 286 g/mol. The molecule has 1 aromatic rings. The van der Waals surface area contributed by atoms with Crippen molar-refractivity contribution in [2.45, 2.75) is 18.9 Å². The molecule has 0 aromatic carbocycles. The molecule has 8 heteroatoms. The van der Waals surface area contributed by atoms with Crippen LogP contribution in [0.1, 0.15) is 29.4 Å². The number of hydrogen-bond acceptors (Lipinski definition) is 3. The standard InChI is InChI=1S/C12H14ClN3O4/c13-7-3-9(16(6-7)8-1-2-8)12(20)15-4-10(17)14-5-11(18)19/h3,6,8H,1-2,4-5H2,(H,14,17)(H,15,20)(H,18,19). The van der Waals surface area contributed by atoms with Crippen LogP contribution in [-0.4, -0.2) is 40.5 Å². The first-order valence-electron chi connectivity index (χ1n) is 6.11. The van der Waals surface area contributed by atoms with Gasteiger partial charge in [0.25, 0.3) is 5.91 Å². The molecule has 0 saturated heterocycles. The number of nitrogens with one attached hydrogen (secondary N) is 2. The van der Waals surface area contributed by atoms with E-state index >= 15 is 0 Å². The fraction of sp³-hybridized carbons (Fsp3) is 0.417. The van der Waals surface area contributed by atoms with Crippen molar-refractivity contribution in [3.63, 3.8) is 0 Å². The molecule has 3 N–H and O–H groups in total. The number of carbonyl (C=O) groups excluding carboxylic acids is 2. The summed E-state index contributed by atoms with van der Waals surface area (Å²) in [5.41, 5.74) is 0.406. The van der Waals surface area contributed by atoms with Gasteiger partial charge in [0.05, 0.1) is 11.6 Å². The van der Waals surface area contributed by atoms with Crippen LogP contribution in [0.3, 0.4) is 0 Å². The lowest BCUT2D eigenvalue weighted by atomic mass is 10.4. The lowest BCUT2D eigenvalue weighted by molar-refractivity contribution is -0.137. The number of halogens is 1. The van der Waals surface area contributed by atoms with E-state index in [2.05, 4.69) is 10.6 Å². The van der Waals surface area contributed by atoms with Gasteiger partial charge < -0.3 is 20.3 Å². The van der Waals surface area contributed by atoms with Crippen LogP contribution in [0.2, 0.25) is 5.02 Å². The number of amides is 2. The summed E-state index contributed by atoms with van der Waals surface area (Å²) in [6.45, 7) is -0.751. The van der Waals surface area contributed by atoms with Crippen molar-refractivity contribution in [3.8, 4) is 0 Å². The van der Waals surface area contributed by atoms with Crippen molar-refractivity contribution in [1.82, 2.24) is 15.2 Å². The third-order valence-corrected chi connectivity index (χ3v) is 3.04. The fourth-order valence-electron chi connectivity index (χ4n) is 1.77. The minimum absolute atomic E-state index is 0.278. The van der Waals surface area contributed by atoms with Gasteiger partial charge in [0.2, 0.25) is 5.91 Å². The lowest BCUT2D eigenvalue weighted by Crippen LogP contribution is -2.39. The van der Waals surface area contributed by atoms with Crippen LogP contribution in [0.15, 0.2) is 12.3 Å². The minimum Gasteiger partial charge on any atom is -0.480 e. The second-order valence-electron chi connectivity index (χ2n) is 4.54. The smallest absolute Gasteiger partial charge is 0.322 e. The molecule has 1 fully saturated rings. The van der Waals surface area contributed by atoms with E-state index in [1.54, 1.807) is 16.8 Å². The maximum Gasteiger partial charge on any atom is 0.322 e. The summed E-state index contributed by atoms with van der Waals surface area (Å²) in [5.74, 6) is -2.11. The van der Waals surface area contributed by atoms with Gasteiger partial charge in [0.1, 0.15) is 12.2 Å². The summed E-state index contributed by atoms with van der Waals surface area (Å²) < 4.78 is 1.80. The van der Waals surface area contributed by atoms with Crippen molar-refractivity contribution in [2.75, 3.05) is 13.1 Å². The Morgan fingerprint density at radius 3 is 2.60 bits per heavy atom. The monoisotopic (exact) mass is 299 g/mol. The number of rotatable bonds is 6. The Morgan fingerprint density at radius 2 is 2.00 bits per heavy atom. The van der Waals surface area contributed by atoms with Crippen molar-refractivity contribution in [3.05, 3.63) is 23.0 Å². The van der Waals surface area contributed by atoms with E-state index in [4.69, 9.17) is 16.7 Å². The molecule has 20 heavy (non-hydrogen) atoms. The predicted molar refractivity (Wildman–Crippen MR) is 70.7 cm³/mol. The molecule has 0 bridgehead atoms. The van der Waals surface area contributed by atoms with E-state index in [0.29, 0.717) is 16.8 Å². The third-order valence-electron chi connectivity index (χ3n) is 2.83. The molecule has 7 nitrogen and oxygen atoms in total. The van der Waals surface area contributed by atoms with E-state index in [0.717, 1.165) is 12.8 Å². The van der Waals surface area contributed by atoms with Gasteiger partial charge in [-0.25, -0.2) is 0 Å². The Balaban J connectivity index is 1.88. The molecule has 0 radical (unpaired) electrons. The van der Waals surface area contributed by atoms with Gasteiger partial charge in [-0.3, -0.25) is 14.4 Å². The molecule has 0 atom stereocenters. The summed E-state index contributed by atoms with van der Waals surface area (Å²) in [5, 5.41) is 13.5. The van der Waals surface area contributed by atoms with Gasteiger partial charge in [-0.1, -0.05) is 11.6 Å². The van der Waals surface area contributed by atoms with E-state index in [-0.39, 0.29) is 6.54 Å². The SMILES string of the molecule is O=C(O)CNC(=O)CNC(=O)c1cc(Cl)cn1C1CC1. The zero-order valence-corrected chi connectivity index (χ0v) is 11.3. The molecule has 1 saturated carbocycles. The molecule has 108 valence electrons. The first-order chi connectivity index (χ1) is 9.47. The highest BCUT2D eigenvalue weighted by molar-refractivity contribution is 6.31. The summed E-state index contributed by atoms with van der Waals surface area (Å²) >= 11 is 5.88. The average Bonchev–Trinajstić information content (AvgIpc) is 3.16. The summed E-state index contributed by atoms with van der Waals surface area (Å²) in [6, 6.07) is 1.84. The van der Waals surface area contributed by atoms with Crippen LogP contribution in [0, 0.1) is 0 Å². The fourth-order valence-corrected chi connectivity index (χ4v) is 1.98. The molecule has 2 amide bonds. The highest BCUT2D eigenvalue weighted by Crippen LogP contribution is 2.37. The number of carboxylic acid groups (broad SMARTS) is 1. The van der Waals surface area contributed by atoms with Crippen LogP contribution in [0.4, 0.5) is 0 Å². The zero-order chi connectivity index (χ0) is 14.7. The average molecular weight is 300 g/mol. The van der Waals surface area contributed by atoms with Gasteiger partial charge in [0.15, 0.2) is 0 Å². The maximum atomic E-state index is 12.0. The third kappa shape index (κ3) is 3.74. The van der Waals surface area contributed by atoms with Gasteiger partial charge in [0, 0.05) is 12.2 Å². The molecule has 0 unspecified atom stereocenters. The predicted octanol–water partition coefficient (Wildman–Crippen LogP) is 0.407.